The number of para-hydroxylation sites is 1. The third kappa shape index (κ3) is 3.93. The first-order valence-corrected chi connectivity index (χ1v) is 8.90. The van der Waals surface area contributed by atoms with Crippen LogP contribution in [0.3, 0.4) is 0 Å². The van der Waals surface area contributed by atoms with Crippen molar-refractivity contribution in [3.63, 3.8) is 0 Å². The Labute approximate surface area is 147 Å². The van der Waals surface area contributed by atoms with Crippen molar-refractivity contribution in [1.29, 1.82) is 0 Å². The number of hydrogen-bond acceptors (Lipinski definition) is 7. The molecule has 1 saturated heterocycles. The Morgan fingerprint density at radius 2 is 2.20 bits per heavy atom. The van der Waals surface area contributed by atoms with Crippen LogP contribution in [-0.2, 0) is 13.1 Å². The van der Waals surface area contributed by atoms with Gasteiger partial charge in [-0.1, -0.05) is 17.3 Å². The van der Waals surface area contributed by atoms with Gasteiger partial charge in [0.05, 0.1) is 6.54 Å². The summed E-state index contributed by atoms with van der Waals surface area (Å²) in [5, 5.41) is 7.67. The first-order valence-electron chi connectivity index (χ1n) is 8.90. The van der Waals surface area contributed by atoms with Gasteiger partial charge in [-0.2, -0.15) is 4.98 Å². The molecule has 1 aromatic carbocycles. The van der Waals surface area contributed by atoms with E-state index in [2.05, 4.69) is 26.4 Å². The molecule has 7 nitrogen and oxygen atoms in total. The van der Waals surface area contributed by atoms with E-state index in [1.807, 2.05) is 19.1 Å². The number of aromatic nitrogens is 2. The van der Waals surface area contributed by atoms with E-state index in [1.54, 1.807) is 0 Å². The number of ether oxygens (including phenoxy) is 2. The molecule has 3 heterocycles. The number of benzene rings is 1. The minimum atomic E-state index is 0.446. The molecule has 0 amide bonds. The molecule has 0 unspecified atom stereocenters. The Kier molecular flexibility index (Phi) is 4.85. The summed E-state index contributed by atoms with van der Waals surface area (Å²) in [6.45, 7) is 6.65. The fraction of sp³-hybridized carbons (Fsp3) is 0.556. The van der Waals surface area contributed by atoms with Crippen molar-refractivity contribution in [3.05, 3.63) is 35.5 Å². The molecule has 4 rings (SSSR count). The molecule has 0 bridgehead atoms. The van der Waals surface area contributed by atoms with E-state index < -0.39 is 0 Å². The second-order valence-electron chi connectivity index (χ2n) is 6.63. The SMILES string of the molecule is Cc1nc(CN2CCC[C@H](NCc3cccc4c3OCCO4)C2)no1. The summed E-state index contributed by atoms with van der Waals surface area (Å²) < 4.78 is 16.5. The lowest BCUT2D eigenvalue weighted by atomic mass is 10.0. The average molecular weight is 344 g/mol. The maximum Gasteiger partial charge on any atom is 0.223 e. The third-order valence-corrected chi connectivity index (χ3v) is 4.67. The molecule has 25 heavy (non-hydrogen) atoms. The van der Waals surface area contributed by atoms with Gasteiger partial charge in [-0.25, -0.2) is 0 Å². The molecule has 2 aromatic rings. The topological polar surface area (TPSA) is 72.7 Å². The highest BCUT2D eigenvalue weighted by atomic mass is 16.6. The second kappa shape index (κ2) is 7.41. The summed E-state index contributed by atoms with van der Waals surface area (Å²) in [6.07, 6.45) is 2.34. The molecule has 2 aliphatic heterocycles. The van der Waals surface area contributed by atoms with Crippen molar-refractivity contribution in [2.24, 2.45) is 0 Å². The Morgan fingerprint density at radius 1 is 1.28 bits per heavy atom. The normalized spacial score (nSPS) is 20.6. The summed E-state index contributed by atoms with van der Waals surface area (Å²) in [4.78, 5) is 6.68. The highest BCUT2D eigenvalue weighted by molar-refractivity contribution is 5.47. The molecule has 1 aromatic heterocycles. The van der Waals surface area contributed by atoms with Gasteiger partial charge in [0.25, 0.3) is 0 Å². The number of fused-ring (bicyclic) bond motifs is 1. The molecule has 0 spiro atoms. The van der Waals surface area contributed by atoms with Gasteiger partial charge in [0, 0.05) is 31.6 Å². The lowest BCUT2D eigenvalue weighted by molar-refractivity contribution is 0.166. The number of piperidine rings is 1. The minimum absolute atomic E-state index is 0.446. The van der Waals surface area contributed by atoms with Crippen LogP contribution in [0.5, 0.6) is 11.5 Å². The summed E-state index contributed by atoms with van der Waals surface area (Å²) in [5.74, 6) is 3.12. The van der Waals surface area contributed by atoms with Crippen LogP contribution in [-0.4, -0.2) is 47.4 Å². The zero-order chi connectivity index (χ0) is 17.1. The molecule has 134 valence electrons. The Balaban J connectivity index is 1.33. The van der Waals surface area contributed by atoms with Crippen molar-refractivity contribution < 1.29 is 14.0 Å². The van der Waals surface area contributed by atoms with E-state index in [0.29, 0.717) is 25.1 Å². The monoisotopic (exact) mass is 344 g/mol. The number of nitrogens with zero attached hydrogens (tertiary/aromatic N) is 3. The molecule has 7 heteroatoms. The van der Waals surface area contributed by atoms with Crippen LogP contribution < -0.4 is 14.8 Å². The number of likely N-dealkylation sites (tertiary alicyclic amines) is 1. The van der Waals surface area contributed by atoms with Crippen molar-refractivity contribution >= 4 is 0 Å². The zero-order valence-electron chi connectivity index (χ0n) is 14.5. The molecular formula is C18H24N4O3. The maximum absolute atomic E-state index is 5.79. The molecule has 0 saturated carbocycles. The Bertz CT molecular complexity index is 718. The Morgan fingerprint density at radius 3 is 3.08 bits per heavy atom. The van der Waals surface area contributed by atoms with Crippen LogP contribution >= 0.6 is 0 Å². The molecule has 1 fully saturated rings. The van der Waals surface area contributed by atoms with E-state index in [9.17, 15) is 0 Å². The highest BCUT2D eigenvalue weighted by Crippen LogP contribution is 2.33. The van der Waals surface area contributed by atoms with Gasteiger partial charge in [0.2, 0.25) is 5.89 Å². The van der Waals surface area contributed by atoms with Gasteiger partial charge in [-0.05, 0) is 25.5 Å². The number of hydrogen-bond donors (Lipinski definition) is 1. The standard InChI is InChI=1S/C18H24N4O3/c1-13-20-17(21-25-13)12-22-7-3-5-15(11-22)19-10-14-4-2-6-16-18(14)24-9-8-23-16/h2,4,6,15,19H,3,5,7-12H2,1H3/t15-/m0/s1. The summed E-state index contributed by atoms with van der Waals surface area (Å²) in [5.41, 5.74) is 1.16. The summed E-state index contributed by atoms with van der Waals surface area (Å²) in [6, 6.07) is 6.54. The zero-order valence-corrected chi connectivity index (χ0v) is 14.5. The quantitative estimate of drug-likeness (QED) is 0.888. The van der Waals surface area contributed by atoms with Gasteiger partial charge in [-0.15, -0.1) is 0 Å². The van der Waals surface area contributed by atoms with Crippen LogP contribution in [0.15, 0.2) is 22.7 Å². The fourth-order valence-corrected chi connectivity index (χ4v) is 3.50. The van der Waals surface area contributed by atoms with E-state index in [0.717, 1.165) is 49.1 Å². The predicted octanol–water partition coefficient (Wildman–Crippen LogP) is 1.90. The summed E-state index contributed by atoms with van der Waals surface area (Å²) in [7, 11) is 0. The van der Waals surface area contributed by atoms with Crippen molar-refractivity contribution in [3.8, 4) is 11.5 Å². The van der Waals surface area contributed by atoms with Crippen molar-refractivity contribution in [2.75, 3.05) is 26.3 Å². The van der Waals surface area contributed by atoms with Crippen molar-refractivity contribution in [2.45, 2.75) is 38.9 Å². The third-order valence-electron chi connectivity index (χ3n) is 4.67. The van der Waals surface area contributed by atoms with Crippen LogP contribution in [0.4, 0.5) is 0 Å². The van der Waals surface area contributed by atoms with Gasteiger partial charge in [-0.3, -0.25) is 4.90 Å². The predicted molar refractivity (Wildman–Crippen MR) is 91.6 cm³/mol. The van der Waals surface area contributed by atoms with Gasteiger partial charge in [0.1, 0.15) is 13.2 Å². The largest absolute Gasteiger partial charge is 0.486 e. The summed E-state index contributed by atoms with van der Waals surface area (Å²) >= 11 is 0. The molecule has 0 radical (unpaired) electrons. The number of aryl methyl sites for hydroxylation is 1. The molecule has 0 aliphatic carbocycles. The molecule has 1 atom stereocenters. The van der Waals surface area contributed by atoms with Crippen LogP contribution in [0.2, 0.25) is 0 Å². The number of rotatable bonds is 5. The number of nitrogens with one attached hydrogen (secondary N) is 1. The van der Waals surface area contributed by atoms with E-state index in [4.69, 9.17) is 14.0 Å². The maximum atomic E-state index is 5.79. The van der Waals surface area contributed by atoms with Crippen LogP contribution in [0.1, 0.15) is 30.1 Å². The van der Waals surface area contributed by atoms with Gasteiger partial charge >= 0.3 is 0 Å². The first-order chi connectivity index (χ1) is 12.3. The fourth-order valence-electron chi connectivity index (χ4n) is 3.50. The first kappa shape index (κ1) is 16.4. The van der Waals surface area contributed by atoms with Gasteiger partial charge in [0.15, 0.2) is 17.3 Å². The van der Waals surface area contributed by atoms with E-state index in [1.165, 1.54) is 12.8 Å². The Hall–Kier alpha value is -2.12. The second-order valence-corrected chi connectivity index (χ2v) is 6.63. The molecule has 2 aliphatic rings. The minimum Gasteiger partial charge on any atom is -0.486 e. The average Bonchev–Trinajstić information content (AvgIpc) is 3.05. The van der Waals surface area contributed by atoms with E-state index >= 15 is 0 Å². The lowest BCUT2D eigenvalue weighted by Gasteiger charge is -2.32. The van der Waals surface area contributed by atoms with Gasteiger partial charge < -0.3 is 19.3 Å². The van der Waals surface area contributed by atoms with Crippen molar-refractivity contribution in [1.82, 2.24) is 20.4 Å². The van der Waals surface area contributed by atoms with Crippen LogP contribution in [0.25, 0.3) is 0 Å². The van der Waals surface area contributed by atoms with Crippen LogP contribution in [0, 0.1) is 6.92 Å². The highest BCUT2D eigenvalue weighted by Gasteiger charge is 2.22. The lowest BCUT2D eigenvalue weighted by Crippen LogP contribution is -2.45. The molecular weight excluding hydrogens is 320 g/mol. The smallest absolute Gasteiger partial charge is 0.223 e. The molecule has 1 N–H and O–H groups in total. The van der Waals surface area contributed by atoms with E-state index in [-0.39, 0.29) is 0 Å².